The average Bonchev–Trinajstić information content (AvgIpc) is 2.83. The van der Waals surface area contributed by atoms with E-state index in [1.54, 1.807) is 24.3 Å². The molecule has 2 aromatic rings. The van der Waals surface area contributed by atoms with Gasteiger partial charge in [-0.25, -0.2) is 0 Å². The van der Waals surface area contributed by atoms with Crippen LogP contribution in [0.1, 0.15) is 17.1 Å². The normalized spacial score (nSPS) is 10.9. The molecule has 1 amide bonds. The van der Waals surface area contributed by atoms with Gasteiger partial charge in [0.05, 0.1) is 10.0 Å². The number of hydrogen-bond acceptors (Lipinski definition) is 2. The van der Waals surface area contributed by atoms with Crippen molar-refractivity contribution in [3.05, 3.63) is 63.5 Å². The number of halogens is 2. The van der Waals surface area contributed by atoms with Crippen LogP contribution in [-0.4, -0.2) is 5.91 Å². The Morgan fingerprint density at radius 2 is 2.05 bits per heavy atom. The Bertz CT molecular complexity index is 647. The van der Waals surface area contributed by atoms with Crippen molar-refractivity contribution in [3.8, 4) is 0 Å². The number of rotatable bonds is 4. The van der Waals surface area contributed by atoms with E-state index in [1.165, 1.54) is 6.08 Å². The molecule has 0 saturated heterocycles. The highest BCUT2D eigenvalue weighted by Gasteiger charge is 2.01. The number of carbonyl (C=O) groups is 1. The number of hydrogen-bond donors (Lipinski definition) is 1. The lowest BCUT2D eigenvalue weighted by molar-refractivity contribution is -0.116. The van der Waals surface area contributed by atoms with Crippen LogP contribution < -0.4 is 5.32 Å². The molecule has 1 heterocycles. The minimum Gasteiger partial charge on any atom is -0.462 e. The molecule has 0 fully saturated rings. The summed E-state index contributed by atoms with van der Waals surface area (Å²) in [6.45, 7) is 2.24. The molecular formula is C15H13Cl2NO2. The third kappa shape index (κ3) is 4.15. The molecule has 0 unspecified atom stereocenters. The number of nitrogens with one attached hydrogen (secondary N) is 1. The van der Waals surface area contributed by atoms with Gasteiger partial charge in [-0.05, 0) is 42.8 Å². The van der Waals surface area contributed by atoms with Crippen molar-refractivity contribution >= 4 is 35.2 Å². The summed E-state index contributed by atoms with van der Waals surface area (Å²) in [7, 11) is 0. The van der Waals surface area contributed by atoms with Crippen LogP contribution in [0, 0.1) is 6.92 Å². The van der Waals surface area contributed by atoms with Gasteiger partial charge in [0.15, 0.2) is 0 Å². The van der Waals surface area contributed by atoms with Gasteiger partial charge >= 0.3 is 0 Å². The van der Waals surface area contributed by atoms with E-state index in [2.05, 4.69) is 5.32 Å². The van der Waals surface area contributed by atoms with Crippen molar-refractivity contribution in [1.82, 2.24) is 5.32 Å². The molecule has 0 aliphatic rings. The molecule has 0 saturated carbocycles. The second kappa shape index (κ2) is 6.64. The lowest BCUT2D eigenvalue weighted by Crippen LogP contribution is -2.20. The predicted molar refractivity (Wildman–Crippen MR) is 80.8 cm³/mol. The summed E-state index contributed by atoms with van der Waals surface area (Å²) in [4.78, 5) is 11.6. The van der Waals surface area contributed by atoms with E-state index >= 15 is 0 Å². The van der Waals surface area contributed by atoms with Crippen molar-refractivity contribution in [2.75, 3.05) is 0 Å². The molecular weight excluding hydrogens is 297 g/mol. The summed E-state index contributed by atoms with van der Waals surface area (Å²) in [6, 6.07) is 8.89. The zero-order chi connectivity index (χ0) is 14.5. The minimum absolute atomic E-state index is 0.204. The lowest BCUT2D eigenvalue weighted by Gasteiger charge is -2.04. The first-order valence-corrected chi connectivity index (χ1v) is 6.76. The standard InChI is InChI=1S/C15H13Cl2NO2/c1-10-2-4-12(20-10)5-7-15(19)18-9-11-3-6-13(16)14(17)8-11/h2-8H,9H2,1H3,(H,18,19). The maximum absolute atomic E-state index is 11.6. The van der Waals surface area contributed by atoms with Gasteiger partial charge in [0.25, 0.3) is 0 Å². The first kappa shape index (κ1) is 14.7. The van der Waals surface area contributed by atoms with Gasteiger partial charge in [0, 0.05) is 12.6 Å². The van der Waals surface area contributed by atoms with Crippen molar-refractivity contribution in [2.24, 2.45) is 0 Å². The molecule has 0 aliphatic heterocycles. The monoisotopic (exact) mass is 309 g/mol. The van der Waals surface area contributed by atoms with Crippen LogP contribution in [0.3, 0.4) is 0 Å². The molecule has 0 radical (unpaired) electrons. The number of benzene rings is 1. The first-order chi connectivity index (χ1) is 9.54. The summed E-state index contributed by atoms with van der Waals surface area (Å²) < 4.78 is 5.33. The molecule has 0 bridgehead atoms. The highest BCUT2D eigenvalue weighted by Crippen LogP contribution is 2.22. The second-order valence-corrected chi connectivity index (χ2v) is 5.06. The molecule has 20 heavy (non-hydrogen) atoms. The van der Waals surface area contributed by atoms with Gasteiger partial charge in [0.1, 0.15) is 11.5 Å². The zero-order valence-electron chi connectivity index (χ0n) is 10.8. The molecule has 3 nitrogen and oxygen atoms in total. The highest BCUT2D eigenvalue weighted by atomic mass is 35.5. The number of amides is 1. The maximum Gasteiger partial charge on any atom is 0.244 e. The third-order valence-electron chi connectivity index (χ3n) is 2.61. The second-order valence-electron chi connectivity index (χ2n) is 4.25. The van der Waals surface area contributed by atoms with Crippen molar-refractivity contribution in [2.45, 2.75) is 13.5 Å². The molecule has 0 aliphatic carbocycles. The molecule has 1 aromatic heterocycles. The summed E-state index contributed by atoms with van der Waals surface area (Å²) >= 11 is 11.7. The Hall–Kier alpha value is -1.71. The zero-order valence-corrected chi connectivity index (χ0v) is 12.3. The van der Waals surface area contributed by atoms with E-state index < -0.39 is 0 Å². The van der Waals surface area contributed by atoms with E-state index in [-0.39, 0.29) is 5.91 Å². The van der Waals surface area contributed by atoms with Crippen LogP contribution in [0.2, 0.25) is 10.0 Å². The van der Waals surface area contributed by atoms with Gasteiger partial charge in [-0.1, -0.05) is 29.3 Å². The van der Waals surface area contributed by atoms with Crippen molar-refractivity contribution in [3.63, 3.8) is 0 Å². The quantitative estimate of drug-likeness (QED) is 0.859. The number of carbonyl (C=O) groups excluding carboxylic acids is 1. The van der Waals surface area contributed by atoms with Crippen molar-refractivity contribution in [1.29, 1.82) is 0 Å². The molecule has 1 aromatic carbocycles. The average molecular weight is 310 g/mol. The molecule has 0 spiro atoms. The summed E-state index contributed by atoms with van der Waals surface area (Å²) in [5.74, 6) is 1.25. The Kier molecular flexibility index (Phi) is 4.88. The van der Waals surface area contributed by atoms with Crippen LogP contribution in [0.15, 0.2) is 40.8 Å². The largest absolute Gasteiger partial charge is 0.462 e. The molecule has 104 valence electrons. The van der Waals surface area contributed by atoms with Crippen LogP contribution in [0.5, 0.6) is 0 Å². The topological polar surface area (TPSA) is 42.2 Å². The smallest absolute Gasteiger partial charge is 0.244 e. The SMILES string of the molecule is Cc1ccc(C=CC(=O)NCc2ccc(Cl)c(Cl)c2)o1. The third-order valence-corrected chi connectivity index (χ3v) is 3.35. The summed E-state index contributed by atoms with van der Waals surface area (Å²) in [5, 5.41) is 3.72. The van der Waals surface area contributed by atoms with Crippen LogP contribution >= 0.6 is 23.2 Å². The maximum atomic E-state index is 11.6. The molecule has 0 atom stereocenters. The van der Waals surface area contributed by atoms with E-state index in [0.29, 0.717) is 22.4 Å². The Balaban J connectivity index is 1.88. The van der Waals surface area contributed by atoms with Gasteiger partial charge in [-0.15, -0.1) is 0 Å². The van der Waals surface area contributed by atoms with Gasteiger partial charge < -0.3 is 9.73 Å². The summed E-state index contributed by atoms with van der Waals surface area (Å²) in [6.07, 6.45) is 3.05. The van der Waals surface area contributed by atoms with E-state index in [4.69, 9.17) is 27.6 Å². The Morgan fingerprint density at radius 3 is 2.70 bits per heavy atom. The summed E-state index contributed by atoms with van der Waals surface area (Å²) in [5.41, 5.74) is 0.884. The van der Waals surface area contributed by atoms with Gasteiger partial charge in [0.2, 0.25) is 5.91 Å². The van der Waals surface area contributed by atoms with Crippen LogP contribution in [0.25, 0.3) is 6.08 Å². The fraction of sp³-hybridized carbons (Fsp3) is 0.133. The lowest BCUT2D eigenvalue weighted by atomic mass is 10.2. The predicted octanol–water partition coefficient (Wildman–Crippen LogP) is 4.22. The fourth-order valence-corrected chi connectivity index (χ4v) is 1.92. The first-order valence-electron chi connectivity index (χ1n) is 6.01. The number of furan rings is 1. The molecule has 2 rings (SSSR count). The molecule has 5 heteroatoms. The van der Waals surface area contributed by atoms with Crippen LogP contribution in [-0.2, 0) is 11.3 Å². The molecule has 1 N–H and O–H groups in total. The van der Waals surface area contributed by atoms with E-state index in [9.17, 15) is 4.79 Å². The van der Waals surface area contributed by atoms with Gasteiger partial charge in [-0.3, -0.25) is 4.79 Å². The Morgan fingerprint density at radius 1 is 1.25 bits per heavy atom. The Labute approximate surface area is 127 Å². The van der Waals surface area contributed by atoms with Gasteiger partial charge in [-0.2, -0.15) is 0 Å². The van der Waals surface area contributed by atoms with Crippen LogP contribution in [0.4, 0.5) is 0 Å². The fourth-order valence-electron chi connectivity index (χ4n) is 1.60. The van der Waals surface area contributed by atoms with Crippen molar-refractivity contribution < 1.29 is 9.21 Å². The highest BCUT2D eigenvalue weighted by molar-refractivity contribution is 6.42. The minimum atomic E-state index is -0.204. The van der Waals surface area contributed by atoms with E-state index in [0.717, 1.165) is 11.3 Å². The van der Waals surface area contributed by atoms with E-state index in [1.807, 2.05) is 19.1 Å². The number of aryl methyl sites for hydroxylation is 1.